The summed E-state index contributed by atoms with van der Waals surface area (Å²) < 4.78 is 11.7. The first-order chi connectivity index (χ1) is 10.9. The van der Waals surface area contributed by atoms with Gasteiger partial charge in [-0.05, 0) is 29.0 Å². The SMILES string of the molecule is c1cc2sc3cc(-c4csc5c4sc4ccsc45)sc3c2s1. The highest BCUT2D eigenvalue weighted by Gasteiger charge is 2.17. The number of hydrogen-bond acceptors (Lipinski definition) is 6. The van der Waals surface area contributed by atoms with Gasteiger partial charge in [-0.1, -0.05) is 0 Å². The first-order valence-corrected chi connectivity index (χ1v) is 11.7. The molecule has 6 heteroatoms. The molecular weight excluding hydrogens is 385 g/mol. The zero-order valence-electron chi connectivity index (χ0n) is 10.9. The second kappa shape index (κ2) is 4.41. The van der Waals surface area contributed by atoms with Crippen molar-refractivity contribution in [3.05, 3.63) is 34.3 Å². The molecule has 0 spiro atoms. The Kier molecular flexibility index (Phi) is 2.53. The van der Waals surface area contributed by atoms with Gasteiger partial charge in [-0.2, -0.15) is 0 Å². The molecule has 0 bridgehead atoms. The standard InChI is InChI=1S/C16H6S6/c1-3-17-13-8(1)20-11-5-10(22-15(11)13)7-6-19-16-12(7)21-9-2-4-18-14(9)16/h1-6H. The van der Waals surface area contributed by atoms with E-state index in [0.717, 1.165) is 0 Å². The Hall–Kier alpha value is -0.760. The van der Waals surface area contributed by atoms with Crippen LogP contribution in [0.25, 0.3) is 48.0 Å². The minimum atomic E-state index is 1.43. The van der Waals surface area contributed by atoms with Gasteiger partial charge in [0.05, 0.1) is 23.5 Å². The summed E-state index contributed by atoms with van der Waals surface area (Å²) in [5.74, 6) is 0. The van der Waals surface area contributed by atoms with Gasteiger partial charge in [0.15, 0.2) is 0 Å². The average Bonchev–Trinajstić information content (AvgIpc) is 3.25. The topological polar surface area (TPSA) is 0 Å². The molecule has 0 atom stereocenters. The lowest BCUT2D eigenvalue weighted by atomic mass is 10.2. The van der Waals surface area contributed by atoms with Gasteiger partial charge in [0, 0.05) is 29.9 Å². The summed E-state index contributed by atoms with van der Waals surface area (Å²) in [7, 11) is 0. The molecule has 0 saturated carbocycles. The summed E-state index contributed by atoms with van der Waals surface area (Å²) in [6, 6.07) is 6.89. The van der Waals surface area contributed by atoms with Crippen LogP contribution in [0, 0.1) is 0 Å². The molecule has 0 aliphatic rings. The zero-order valence-corrected chi connectivity index (χ0v) is 15.8. The maximum absolute atomic E-state index is 2.40. The molecule has 0 N–H and O–H groups in total. The fraction of sp³-hybridized carbons (Fsp3) is 0. The van der Waals surface area contributed by atoms with Crippen LogP contribution in [-0.2, 0) is 0 Å². The van der Waals surface area contributed by atoms with Crippen molar-refractivity contribution < 1.29 is 0 Å². The lowest BCUT2D eigenvalue weighted by molar-refractivity contribution is 2.04. The monoisotopic (exact) mass is 390 g/mol. The van der Waals surface area contributed by atoms with Gasteiger partial charge >= 0.3 is 0 Å². The van der Waals surface area contributed by atoms with Crippen molar-refractivity contribution in [2.24, 2.45) is 0 Å². The van der Waals surface area contributed by atoms with Gasteiger partial charge in [-0.25, -0.2) is 0 Å². The van der Waals surface area contributed by atoms with Crippen LogP contribution in [0.2, 0.25) is 0 Å². The van der Waals surface area contributed by atoms with Crippen LogP contribution >= 0.6 is 68.0 Å². The minimum Gasteiger partial charge on any atom is -0.141 e. The highest BCUT2D eigenvalue weighted by atomic mass is 32.1. The molecule has 0 nitrogen and oxygen atoms in total. The van der Waals surface area contributed by atoms with Gasteiger partial charge in [0.25, 0.3) is 0 Å². The van der Waals surface area contributed by atoms with E-state index < -0.39 is 0 Å². The number of rotatable bonds is 1. The molecule has 0 fully saturated rings. The number of fused-ring (bicyclic) bond motifs is 6. The van der Waals surface area contributed by atoms with Crippen molar-refractivity contribution in [1.29, 1.82) is 0 Å². The predicted octanol–water partition coefficient (Wildman–Crippen LogP) is 8.34. The first-order valence-electron chi connectivity index (χ1n) is 6.65. The minimum absolute atomic E-state index is 1.43. The molecule has 0 radical (unpaired) electrons. The Labute approximate surface area is 149 Å². The third-order valence-electron chi connectivity index (χ3n) is 3.81. The normalized spacial score (nSPS) is 12.5. The Balaban J connectivity index is 1.67. The third kappa shape index (κ3) is 1.55. The summed E-state index contributed by atoms with van der Waals surface area (Å²) in [5.41, 5.74) is 1.44. The average molecular weight is 391 g/mol. The van der Waals surface area contributed by atoms with Crippen molar-refractivity contribution in [2.75, 3.05) is 0 Å². The molecule has 0 saturated heterocycles. The van der Waals surface area contributed by atoms with E-state index in [2.05, 4.69) is 34.3 Å². The van der Waals surface area contributed by atoms with E-state index in [-0.39, 0.29) is 0 Å². The van der Waals surface area contributed by atoms with E-state index in [1.54, 1.807) is 0 Å². The largest absolute Gasteiger partial charge is 0.141 e. The summed E-state index contributed by atoms with van der Waals surface area (Å²) in [5, 5.41) is 6.76. The van der Waals surface area contributed by atoms with E-state index in [4.69, 9.17) is 0 Å². The van der Waals surface area contributed by atoms with Crippen LogP contribution in [0.4, 0.5) is 0 Å². The molecule has 6 aromatic rings. The highest BCUT2D eigenvalue weighted by molar-refractivity contribution is 7.40. The van der Waals surface area contributed by atoms with Crippen LogP contribution in [0.3, 0.4) is 0 Å². The second-order valence-corrected chi connectivity index (χ2v) is 10.9. The molecule has 106 valence electrons. The van der Waals surface area contributed by atoms with Crippen LogP contribution in [0.15, 0.2) is 34.3 Å². The van der Waals surface area contributed by atoms with Crippen molar-refractivity contribution >= 4 is 106 Å². The first kappa shape index (κ1) is 12.6. The molecule has 6 aromatic heterocycles. The van der Waals surface area contributed by atoms with E-state index >= 15 is 0 Å². The van der Waals surface area contributed by atoms with E-state index in [1.165, 1.54) is 48.0 Å². The summed E-state index contributed by atoms with van der Waals surface area (Å²) >= 11 is 11.5. The fourth-order valence-electron chi connectivity index (χ4n) is 2.83. The van der Waals surface area contributed by atoms with E-state index in [1.807, 2.05) is 68.0 Å². The molecule has 6 heterocycles. The fourth-order valence-corrected chi connectivity index (χ4v) is 10.5. The van der Waals surface area contributed by atoms with Gasteiger partial charge < -0.3 is 0 Å². The Morgan fingerprint density at radius 3 is 2.23 bits per heavy atom. The number of hydrogen-bond donors (Lipinski definition) is 0. The molecular formula is C16H6S6. The molecule has 0 aliphatic heterocycles. The molecule has 0 amide bonds. The summed E-state index contributed by atoms with van der Waals surface area (Å²) in [6.45, 7) is 0. The summed E-state index contributed by atoms with van der Waals surface area (Å²) in [6.07, 6.45) is 0. The van der Waals surface area contributed by atoms with E-state index in [0.29, 0.717) is 0 Å². The molecule has 6 rings (SSSR count). The van der Waals surface area contributed by atoms with E-state index in [9.17, 15) is 0 Å². The predicted molar refractivity (Wildman–Crippen MR) is 109 cm³/mol. The highest BCUT2D eigenvalue weighted by Crippen LogP contribution is 2.50. The smallest absolute Gasteiger partial charge is 0.0636 e. The van der Waals surface area contributed by atoms with Crippen LogP contribution in [0.1, 0.15) is 0 Å². The van der Waals surface area contributed by atoms with Gasteiger partial charge in [0.2, 0.25) is 0 Å². The zero-order chi connectivity index (χ0) is 14.3. The van der Waals surface area contributed by atoms with Crippen LogP contribution < -0.4 is 0 Å². The van der Waals surface area contributed by atoms with Crippen LogP contribution in [0.5, 0.6) is 0 Å². The number of thiophene rings is 6. The maximum atomic E-state index is 2.40. The van der Waals surface area contributed by atoms with Gasteiger partial charge in [0.1, 0.15) is 0 Å². The lowest BCUT2D eigenvalue weighted by Gasteiger charge is -1.90. The maximum Gasteiger partial charge on any atom is 0.0636 e. The van der Waals surface area contributed by atoms with Gasteiger partial charge in [-0.3, -0.25) is 0 Å². The Bertz CT molecular complexity index is 1280. The van der Waals surface area contributed by atoms with Crippen molar-refractivity contribution in [3.63, 3.8) is 0 Å². The van der Waals surface area contributed by atoms with Crippen molar-refractivity contribution in [3.8, 4) is 10.4 Å². The molecule has 0 aliphatic carbocycles. The third-order valence-corrected chi connectivity index (χ3v) is 10.9. The Morgan fingerprint density at radius 1 is 0.591 bits per heavy atom. The van der Waals surface area contributed by atoms with Crippen LogP contribution in [-0.4, -0.2) is 0 Å². The van der Waals surface area contributed by atoms with Crippen molar-refractivity contribution in [2.45, 2.75) is 0 Å². The molecule has 0 unspecified atom stereocenters. The quantitative estimate of drug-likeness (QED) is 0.265. The second-order valence-electron chi connectivity index (χ2n) is 5.04. The molecule has 22 heavy (non-hydrogen) atoms. The van der Waals surface area contributed by atoms with Crippen molar-refractivity contribution in [1.82, 2.24) is 0 Å². The van der Waals surface area contributed by atoms with Gasteiger partial charge in [-0.15, -0.1) is 68.0 Å². The summed E-state index contributed by atoms with van der Waals surface area (Å²) in [4.78, 5) is 1.43. The lowest BCUT2D eigenvalue weighted by Crippen LogP contribution is -1.61. The molecule has 0 aromatic carbocycles. The Morgan fingerprint density at radius 2 is 1.36 bits per heavy atom.